The van der Waals surface area contributed by atoms with Gasteiger partial charge in [0.05, 0.1) is 21.3 Å². The first-order chi connectivity index (χ1) is 11.4. The number of carbonyl (C=O) groups is 1. The van der Waals surface area contributed by atoms with E-state index in [2.05, 4.69) is 5.32 Å². The smallest absolute Gasteiger partial charge is 0.276 e. The van der Waals surface area contributed by atoms with Crippen LogP contribution in [0.25, 0.3) is 6.08 Å². The van der Waals surface area contributed by atoms with Crippen LogP contribution in [-0.2, 0) is 4.79 Å². The summed E-state index contributed by atoms with van der Waals surface area (Å²) in [6.45, 7) is 4.66. The lowest BCUT2D eigenvalue weighted by atomic mass is 10.1. The van der Waals surface area contributed by atoms with E-state index in [0.717, 1.165) is 5.56 Å². The highest BCUT2D eigenvalue weighted by Gasteiger charge is 2.31. The Balaban J connectivity index is 2.38. The van der Waals surface area contributed by atoms with E-state index < -0.39 is 0 Å². The van der Waals surface area contributed by atoms with Crippen molar-refractivity contribution in [1.82, 2.24) is 10.2 Å². The number of methoxy groups -OCH3 is 3. The van der Waals surface area contributed by atoms with Crippen molar-refractivity contribution < 1.29 is 19.0 Å². The number of benzene rings is 1. The molecule has 0 atom stereocenters. The summed E-state index contributed by atoms with van der Waals surface area (Å²) in [6, 6.07) is 3.55. The zero-order valence-corrected chi connectivity index (χ0v) is 15.3. The van der Waals surface area contributed by atoms with Gasteiger partial charge in [-0.2, -0.15) is 0 Å². The number of nitrogens with one attached hydrogen (secondary N) is 1. The van der Waals surface area contributed by atoms with Crippen LogP contribution < -0.4 is 19.5 Å². The lowest BCUT2D eigenvalue weighted by molar-refractivity contribution is -0.122. The number of hydrogen-bond donors (Lipinski definition) is 1. The number of rotatable bonds is 6. The third-order valence-electron chi connectivity index (χ3n) is 3.51. The molecule has 0 aromatic heterocycles. The maximum absolute atomic E-state index is 12.5. The van der Waals surface area contributed by atoms with Crippen LogP contribution in [0.4, 0.5) is 0 Å². The average Bonchev–Trinajstić information content (AvgIpc) is 2.80. The Labute approximate surface area is 147 Å². The quantitative estimate of drug-likeness (QED) is 0.628. The zero-order valence-electron chi connectivity index (χ0n) is 14.5. The third-order valence-corrected chi connectivity index (χ3v) is 3.83. The largest absolute Gasteiger partial charge is 0.493 e. The molecule has 0 bridgehead atoms. The molecule has 1 N–H and O–H groups in total. The molecule has 130 valence electrons. The molecular weight excluding hydrogens is 328 g/mol. The van der Waals surface area contributed by atoms with Crippen molar-refractivity contribution in [2.24, 2.45) is 5.92 Å². The Morgan fingerprint density at radius 2 is 1.75 bits per heavy atom. The fourth-order valence-corrected chi connectivity index (χ4v) is 2.72. The molecule has 24 heavy (non-hydrogen) atoms. The SMILES string of the molecule is COc1cc(/C=C2/NC(=S)N(CC(C)C)C2=O)cc(OC)c1OC. The molecule has 0 aliphatic carbocycles. The van der Waals surface area contributed by atoms with Crippen molar-refractivity contribution in [3.05, 3.63) is 23.4 Å². The molecule has 0 unspecified atom stereocenters. The van der Waals surface area contributed by atoms with Crippen LogP contribution in [0.5, 0.6) is 17.2 Å². The molecule has 1 aliphatic heterocycles. The summed E-state index contributed by atoms with van der Waals surface area (Å²) in [5, 5.41) is 3.39. The van der Waals surface area contributed by atoms with Gasteiger partial charge in [-0.05, 0) is 41.9 Å². The number of amides is 1. The maximum Gasteiger partial charge on any atom is 0.276 e. The Kier molecular flexibility index (Phi) is 5.66. The molecule has 1 fully saturated rings. The van der Waals surface area contributed by atoms with Crippen LogP contribution in [0.3, 0.4) is 0 Å². The lowest BCUT2D eigenvalue weighted by Crippen LogP contribution is -2.33. The van der Waals surface area contributed by atoms with Crippen LogP contribution in [0.1, 0.15) is 19.4 Å². The average molecular weight is 350 g/mol. The van der Waals surface area contributed by atoms with Crippen molar-refractivity contribution in [1.29, 1.82) is 0 Å². The molecular formula is C17H22N2O4S. The number of thiocarbonyl (C=S) groups is 1. The monoisotopic (exact) mass is 350 g/mol. The predicted molar refractivity (Wildman–Crippen MR) is 96.4 cm³/mol. The summed E-state index contributed by atoms with van der Waals surface area (Å²) in [5.74, 6) is 1.74. The topological polar surface area (TPSA) is 60.0 Å². The van der Waals surface area contributed by atoms with Gasteiger partial charge in [0, 0.05) is 6.54 Å². The highest BCUT2D eigenvalue weighted by molar-refractivity contribution is 7.80. The molecule has 0 saturated carbocycles. The normalized spacial score (nSPS) is 15.9. The summed E-state index contributed by atoms with van der Waals surface area (Å²) >= 11 is 5.25. The van der Waals surface area contributed by atoms with Gasteiger partial charge in [-0.1, -0.05) is 13.8 Å². The number of nitrogens with zero attached hydrogens (tertiary/aromatic N) is 1. The Hall–Kier alpha value is -2.28. The molecule has 6 nitrogen and oxygen atoms in total. The van der Waals surface area contributed by atoms with Gasteiger partial charge >= 0.3 is 0 Å². The van der Waals surface area contributed by atoms with E-state index in [0.29, 0.717) is 40.5 Å². The first-order valence-electron chi connectivity index (χ1n) is 7.55. The van der Waals surface area contributed by atoms with Crippen molar-refractivity contribution in [3.8, 4) is 17.2 Å². The number of carbonyl (C=O) groups excluding carboxylic acids is 1. The third kappa shape index (κ3) is 3.62. The minimum absolute atomic E-state index is 0.137. The van der Waals surface area contributed by atoms with Crippen molar-refractivity contribution in [2.45, 2.75) is 13.8 Å². The Bertz CT molecular complexity index is 660. The maximum atomic E-state index is 12.5. The first-order valence-corrected chi connectivity index (χ1v) is 7.96. The van der Waals surface area contributed by atoms with Gasteiger partial charge in [0.15, 0.2) is 16.6 Å². The van der Waals surface area contributed by atoms with Gasteiger partial charge in [0.1, 0.15) is 5.70 Å². The van der Waals surface area contributed by atoms with Gasteiger partial charge < -0.3 is 19.5 Å². The fourth-order valence-electron chi connectivity index (χ4n) is 2.45. The van der Waals surface area contributed by atoms with Crippen molar-refractivity contribution >= 4 is 29.3 Å². The molecule has 1 aromatic carbocycles. The van der Waals surface area contributed by atoms with Gasteiger partial charge in [-0.25, -0.2) is 0 Å². The van der Waals surface area contributed by atoms with E-state index in [4.69, 9.17) is 26.4 Å². The van der Waals surface area contributed by atoms with Gasteiger partial charge in [-0.15, -0.1) is 0 Å². The van der Waals surface area contributed by atoms with Gasteiger partial charge in [0.2, 0.25) is 5.75 Å². The van der Waals surface area contributed by atoms with E-state index in [1.54, 1.807) is 44.4 Å². The second-order valence-electron chi connectivity index (χ2n) is 5.76. The van der Waals surface area contributed by atoms with Gasteiger partial charge in [0.25, 0.3) is 5.91 Å². The number of hydrogen-bond acceptors (Lipinski definition) is 5. The Morgan fingerprint density at radius 3 is 2.21 bits per heavy atom. The predicted octanol–water partition coefficient (Wildman–Crippen LogP) is 2.43. The van der Waals surface area contributed by atoms with E-state index in [1.165, 1.54) is 0 Å². The molecule has 2 rings (SSSR count). The summed E-state index contributed by atoms with van der Waals surface area (Å²) < 4.78 is 16.0. The van der Waals surface area contributed by atoms with Gasteiger partial charge in [-0.3, -0.25) is 9.69 Å². The zero-order chi connectivity index (χ0) is 17.9. The van der Waals surface area contributed by atoms with Crippen LogP contribution in [-0.4, -0.2) is 43.8 Å². The summed E-state index contributed by atoms with van der Waals surface area (Å²) in [7, 11) is 4.64. The van der Waals surface area contributed by atoms with E-state index in [-0.39, 0.29) is 5.91 Å². The fraction of sp³-hybridized carbons (Fsp3) is 0.412. The minimum Gasteiger partial charge on any atom is -0.493 e. The molecule has 1 aliphatic rings. The van der Waals surface area contributed by atoms with Crippen LogP contribution in [0.2, 0.25) is 0 Å². The molecule has 1 aromatic rings. The standard InChI is InChI=1S/C17H22N2O4S/c1-10(2)9-19-16(20)12(18-17(19)24)6-11-7-13(21-3)15(23-5)14(8-11)22-4/h6-8,10H,9H2,1-5H3,(H,18,24)/b12-6+. The first kappa shape index (κ1) is 18.1. The van der Waals surface area contributed by atoms with Crippen LogP contribution >= 0.6 is 12.2 Å². The number of ether oxygens (including phenoxy) is 3. The summed E-state index contributed by atoms with van der Waals surface area (Å²) in [5.41, 5.74) is 1.17. The van der Waals surface area contributed by atoms with Crippen LogP contribution in [0.15, 0.2) is 17.8 Å². The molecule has 7 heteroatoms. The molecule has 0 spiro atoms. The second kappa shape index (κ2) is 7.53. The van der Waals surface area contributed by atoms with E-state index in [1.807, 2.05) is 13.8 Å². The van der Waals surface area contributed by atoms with Crippen molar-refractivity contribution in [2.75, 3.05) is 27.9 Å². The highest BCUT2D eigenvalue weighted by Crippen LogP contribution is 2.38. The van der Waals surface area contributed by atoms with Crippen molar-refractivity contribution in [3.63, 3.8) is 0 Å². The second-order valence-corrected chi connectivity index (χ2v) is 6.14. The molecule has 1 heterocycles. The van der Waals surface area contributed by atoms with E-state index in [9.17, 15) is 4.79 Å². The molecule has 0 radical (unpaired) electrons. The lowest BCUT2D eigenvalue weighted by Gasteiger charge is -2.16. The van der Waals surface area contributed by atoms with Crippen LogP contribution in [0, 0.1) is 5.92 Å². The summed E-state index contributed by atoms with van der Waals surface area (Å²) in [4.78, 5) is 14.1. The highest BCUT2D eigenvalue weighted by atomic mass is 32.1. The summed E-state index contributed by atoms with van der Waals surface area (Å²) in [6.07, 6.45) is 1.72. The minimum atomic E-state index is -0.137. The van der Waals surface area contributed by atoms with E-state index >= 15 is 0 Å². The Morgan fingerprint density at radius 1 is 1.17 bits per heavy atom. The molecule has 1 saturated heterocycles. The molecule has 1 amide bonds.